The van der Waals surface area contributed by atoms with Crippen molar-refractivity contribution >= 4 is 6.16 Å². The van der Waals surface area contributed by atoms with Gasteiger partial charge in [-0.2, -0.15) is 0 Å². The second-order valence-corrected chi connectivity index (χ2v) is 14.2. The van der Waals surface area contributed by atoms with Crippen LogP contribution in [-0.2, 0) is 11.2 Å². The van der Waals surface area contributed by atoms with Crippen molar-refractivity contribution < 1.29 is 29.2 Å². The second kappa shape index (κ2) is 16.9. The van der Waals surface area contributed by atoms with Crippen molar-refractivity contribution in [2.45, 2.75) is 145 Å². The molecular formula is C36H62O6. The lowest BCUT2D eigenvalue weighted by atomic mass is 9.83. The smallest absolute Gasteiger partial charge is 0.487 e. The van der Waals surface area contributed by atoms with Gasteiger partial charge in [0.05, 0.1) is 18.6 Å². The van der Waals surface area contributed by atoms with E-state index in [1.54, 1.807) is 0 Å². The number of hydrogen-bond acceptors (Lipinski definition) is 6. The van der Waals surface area contributed by atoms with Crippen LogP contribution in [-0.4, -0.2) is 41.8 Å². The Bertz CT molecular complexity index is 974. The van der Waals surface area contributed by atoms with Gasteiger partial charge in [-0.3, -0.25) is 0 Å². The summed E-state index contributed by atoms with van der Waals surface area (Å²) < 4.78 is 17.7. The monoisotopic (exact) mass is 590 g/mol. The molecule has 242 valence electrons. The molecule has 6 nitrogen and oxygen atoms in total. The van der Waals surface area contributed by atoms with Gasteiger partial charge in [0.25, 0.3) is 0 Å². The van der Waals surface area contributed by atoms with E-state index in [0.29, 0.717) is 12.2 Å². The molecule has 3 atom stereocenters. The van der Waals surface area contributed by atoms with Crippen molar-refractivity contribution in [1.82, 2.24) is 0 Å². The molecule has 42 heavy (non-hydrogen) atoms. The van der Waals surface area contributed by atoms with Crippen molar-refractivity contribution in [3.05, 3.63) is 22.3 Å². The van der Waals surface area contributed by atoms with E-state index in [1.807, 2.05) is 27.7 Å². The van der Waals surface area contributed by atoms with Crippen molar-refractivity contribution in [3.8, 4) is 11.5 Å². The minimum Gasteiger partial charge on any atom is -0.487 e. The molecule has 0 fully saturated rings. The summed E-state index contributed by atoms with van der Waals surface area (Å²) in [5.41, 5.74) is 2.81. The standard InChI is InChI=1S/C36H62O6/c1-10-36(22-37,23-38)24-40-34(39)41-32-28(6)29(7)33-31(30(32)8)19-21-35(9,42-33)20-13-18-27(5)17-12-16-26(4)15-11-14-25(2)3/h25-27,37-38H,10-24H2,1-9H3. The van der Waals surface area contributed by atoms with Crippen LogP contribution in [0.3, 0.4) is 0 Å². The summed E-state index contributed by atoms with van der Waals surface area (Å²) >= 11 is 0. The van der Waals surface area contributed by atoms with Gasteiger partial charge in [0.1, 0.15) is 23.7 Å². The molecule has 0 amide bonds. The number of rotatable bonds is 18. The molecule has 1 aliphatic rings. The Labute approximate surface area is 256 Å². The molecule has 0 spiro atoms. The summed E-state index contributed by atoms with van der Waals surface area (Å²) in [4.78, 5) is 12.6. The second-order valence-electron chi connectivity index (χ2n) is 14.2. The summed E-state index contributed by atoms with van der Waals surface area (Å²) in [5.74, 6) is 3.86. The van der Waals surface area contributed by atoms with Crippen LogP contribution in [0.1, 0.15) is 134 Å². The Hall–Kier alpha value is -1.79. The molecular weight excluding hydrogens is 528 g/mol. The van der Waals surface area contributed by atoms with E-state index in [0.717, 1.165) is 65.0 Å². The van der Waals surface area contributed by atoms with Gasteiger partial charge < -0.3 is 24.4 Å². The minimum absolute atomic E-state index is 0.102. The first-order valence-electron chi connectivity index (χ1n) is 16.7. The van der Waals surface area contributed by atoms with E-state index in [-0.39, 0.29) is 25.4 Å². The van der Waals surface area contributed by atoms with Crippen LogP contribution in [0.4, 0.5) is 4.79 Å². The SMILES string of the molecule is CCC(CO)(CO)COC(=O)Oc1c(C)c(C)c2c(c1C)CCC(C)(CCCC(C)CCCC(C)CCCC(C)C)O2. The number of benzene rings is 1. The molecule has 1 heterocycles. The van der Waals surface area contributed by atoms with E-state index >= 15 is 0 Å². The highest BCUT2D eigenvalue weighted by molar-refractivity contribution is 5.68. The van der Waals surface area contributed by atoms with E-state index in [1.165, 1.54) is 51.4 Å². The lowest BCUT2D eigenvalue weighted by Gasteiger charge is -2.38. The zero-order chi connectivity index (χ0) is 31.5. The fourth-order valence-corrected chi connectivity index (χ4v) is 6.20. The van der Waals surface area contributed by atoms with Crippen molar-refractivity contribution in [2.75, 3.05) is 19.8 Å². The highest BCUT2D eigenvalue weighted by atomic mass is 16.7. The third-order valence-electron chi connectivity index (χ3n) is 9.94. The molecule has 0 aromatic heterocycles. The fourth-order valence-electron chi connectivity index (χ4n) is 6.20. The molecule has 0 radical (unpaired) electrons. The van der Waals surface area contributed by atoms with E-state index in [9.17, 15) is 15.0 Å². The van der Waals surface area contributed by atoms with Crippen LogP contribution < -0.4 is 9.47 Å². The molecule has 0 bridgehead atoms. The number of aliphatic hydroxyl groups is 2. The summed E-state index contributed by atoms with van der Waals surface area (Å²) in [7, 11) is 0. The maximum Gasteiger partial charge on any atom is 0.513 e. The number of ether oxygens (including phenoxy) is 3. The molecule has 1 aromatic rings. The Morgan fingerprint density at radius 2 is 1.48 bits per heavy atom. The quantitative estimate of drug-likeness (QED) is 0.131. The van der Waals surface area contributed by atoms with Crippen molar-refractivity contribution in [1.29, 1.82) is 0 Å². The third kappa shape index (κ3) is 10.4. The lowest BCUT2D eigenvalue weighted by molar-refractivity contribution is -0.0157. The van der Waals surface area contributed by atoms with Crippen LogP contribution in [0.2, 0.25) is 0 Å². The van der Waals surface area contributed by atoms with Gasteiger partial charge in [-0.1, -0.05) is 79.6 Å². The molecule has 2 rings (SSSR count). The third-order valence-corrected chi connectivity index (χ3v) is 9.94. The number of fused-ring (bicyclic) bond motifs is 1. The number of carbonyl (C=O) groups excluding carboxylic acids is 1. The molecule has 0 saturated heterocycles. The summed E-state index contributed by atoms with van der Waals surface area (Å²) in [5, 5.41) is 19.3. The molecule has 0 saturated carbocycles. The molecule has 2 N–H and O–H groups in total. The van der Waals surface area contributed by atoms with Gasteiger partial charge in [-0.15, -0.1) is 0 Å². The molecule has 0 aliphatic carbocycles. The predicted octanol–water partition coefficient (Wildman–Crippen LogP) is 9.03. The van der Waals surface area contributed by atoms with Crippen LogP contribution in [0.25, 0.3) is 0 Å². The molecule has 3 unspecified atom stereocenters. The summed E-state index contributed by atoms with van der Waals surface area (Å²) in [6.07, 6.45) is 13.0. The first-order valence-corrected chi connectivity index (χ1v) is 16.7. The normalized spacial score (nSPS) is 18.4. The lowest BCUT2D eigenvalue weighted by Crippen LogP contribution is -2.37. The summed E-state index contributed by atoms with van der Waals surface area (Å²) in [6.45, 7) is 18.9. The maximum atomic E-state index is 12.6. The molecule has 6 heteroatoms. The Kier molecular flexibility index (Phi) is 14.6. The Morgan fingerprint density at radius 3 is 2.02 bits per heavy atom. The molecule has 1 aromatic carbocycles. The maximum absolute atomic E-state index is 12.6. The first kappa shape index (κ1) is 36.4. The van der Waals surface area contributed by atoms with Gasteiger partial charge >= 0.3 is 6.16 Å². The van der Waals surface area contributed by atoms with Gasteiger partial charge in [0.15, 0.2) is 0 Å². The highest BCUT2D eigenvalue weighted by Crippen LogP contribution is 2.45. The van der Waals surface area contributed by atoms with Gasteiger partial charge in [0, 0.05) is 5.56 Å². The zero-order valence-corrected chi connectivity index (χ0v) is 28.4. The topological polar surface area (TPSA) is 85.2 Å². The van der Waals surface area contributed by atoms with Gasteiger partial charge in [-0.25, -0.2) is 4.79 Å². The van der Waals surface area contributed by atoms with Crippen LogP contribution in [0.15, 0.2) is 0 Å². The highest BCUT2D eigenvalue weighted by Gasteiger charge is 2.35. The predicted molar refractivity (Wildman–Crippen MR) is 172 cm³/mol. The Morgan fingerprint density at radius 1 is 0.905 bits per heavy atom. The van der Waals surface area contributed by atoms with E-state index in [4.69, 9.17) is 14.2 Å². The van der Waals surface area contributed by atoms with Crippen LogP contribution >= 0.6 is 0 Å². The van der Waals surface area contributed by atoms with Gasteiger partial charge in [0.2, 0.25) is 0 Å². The zero-order valence-electron chi connectivity index (χ0n) is 28.4. The number of hydrogen-bond donors (Lipinski definition) is 2. The van der Waals surface area contributed by atoms with Crippen LogP contribution in [0, 0.1) is 43.9 Å². The van der Waals surface area contributed by atoms with Gasteiger partial charge in [-0.05, 0) is 94.2 Å². The Balaban J connectivity index is 1.91. The molecule has 1 aliphatic heterocycles. The number of aliphatic hydroxyl groups excluding tert-OH is 2. The largest absolute Gasteiger partial charge is 0.513 e. The van der Waals surface area contributed by atoms with E-state index in [2.05, 4.69) is 34.6 Å². The average molecular weight is 591 g/mol. The minimum atomic E-state index is -0.865. The fraction of sp³-hybridized carbons (Fsp3) is 0.806. The number of carbonyl (C=O) groups is 1. The first-order chi connectivity index (χ1) is 19.8. The average Bonchev–Trinajstić information content (AvgIpc) is 2.95. The van der Waals surface area contributed by atoms with Crippen LogP contribution in [0.5, 0.6) is 11.5 Å². The van der Waals surface area contributed by atoms with E-state index < -0.39 is 11.6 Å². The summed E-state index contributed by atoms with van der Waals surface area (Å²) in [6, 6.07) is 0. The van der Waals surface area contributed by atoms with Crippen molar-refractivity contribution in [3.63, 3.8) is 0 Å². The van der Waals surface area contributed by atoms with Crippen molar-refractivity contribution in [2.24, 2.45) is 23.2 Å².